The van der Waals surface area contributed by atoms with E-state index >= 15 is 0 Å². The zero-order valence-corrected chi connectivity index (χ0v) is 15.7. The summed E-state index contributed by atoms with van der Waals surface area (Å²) in [4.78, 5) is 0. The smallest absolute Gasteiger partial charge is 0.122 e. The Morgan fingerprint density at radius 3 is 2.43 bits per heavy atom. The van der Waals surface area contributed by atoms with Gasteiger partial charge in [-0.05, 0) is 60.2 Å². The zero-order chi connectivity index (χ0) is 15.2. The maximum atomic E-state index is 6.11. The first-order valence-electron chi connectivity index (χ1n) is 6.75. The van der Waals surface area contributed by atoms with Crippen molar-refractivity contribution in [2.24, 2.45) is 5.92 Å². The molecule has 0 N–H and O–H groups in total. The van der Waals surface area contributed by atoms with Crippen molar-refractivity contribution in [3.8, 4) is 5.75 Å². The third-order valence-corrected chi connectivity index (χ3v) is 5.09. The van der Waals surface area contributed by atoms with Crippen LogP contribution in [0.1, 0.15) is 11.1 Å². The van der Waals surface area contributed by atoms with Crippen LogP contribution < -0.4 is 4.74 Å². The average Bonchev–Trinajstić information content (AvgIpc) is 2.49. The third-order valence-electron chi connectivity index (χ3n) is 3.41. The van der Waals surface area contributed by atoms with Crippen molar-refractivity contribution in [3.05, 3.63) is 63.1 Å². The molecule has 0 saturated carbocycles. The van der Waals surface area contributed by atoms with E-state index in [0.717, 1.165) is 39.0 Å². The van der Waals surface area contributed by atoms with Gasteiger partial charge in [-0.2, -0.15) is 0 Å². The van der Waals surface area contributed by atoms with Crippen LogP contribution in [0.15, 0.2) is 46.9 Å². The predicted molar refractivity (Wildman–Crippen MR) is 96.8 cm³/mol. The van der Waals surface area contributed by atoms with Crippen LogP contribution in [-0.4, -0.2) is 12.4 Å². The van der Waals surface area contributed by atoms with Gasteiger partial charge < -0.3 is 4.74 Å². The fourth-order valence-electron chi connectivity index (χ4n) is 2.35. The fraction of sp³-hybridized carbons (Fsp3) is 0.294. The minimum absolute atomic E-state index is 0.499. The highest BCUT2D eigenvalue weighted by Crippen LogP contribution is 2.27. The third kappa shape index (κ3) is 5.01. The summed E-state index contributed by atoms with van der Waals surface area (Å²) in [6.07, 6.45) is 1.96. The van der Waals surface area contributed by atoms with Gasteiger partial charge in [0.1, 0.15) is 5.75 Å². The van der Waals surface area contributed by atoms with Crippen molar-refractivity contribution in [1.29, 1.82) is 0 Å². The number of ether oxygens (including phenoxy) is 1. The van der Waals surface area contributed by atoms with Crippen LogP contribution in [0.5, 0.6) is 5.75 Å². The molecule has 2 rings (SSSR count). The van der Waals surface area contributed by atoms with Gasteiger partial charge in [-0.15, -0.1) is 0 Å². The molecular formula is C17H17Br2ClO. The first kappa shape index (κ1) is 16.9. The molecule has 0 bridgehead atoms. The van der Waals surface area contributed by atoms with E-state index in [4.69, 9.17) is 16.3 Å². The molecule has 0 aliphatic heterocycles. The Kier molecular flexibility index (Phi) is 6.59. The quantitative estimate of drug-likeness (QED) is 0.516. The lowest BCUT2D eigenvalue weighted by atomic mass is 9.94. The number of methoxy groups -OCH3 is 1. The number of hydrogen-bond acceptors (Lipinski definition) is 1. The predicted octanol–water partition coefficient (Wildman–Crippen LogP) is 5.91. The van der Waals surface area contributed by atoms with E-state index in [1.807, 2.05) is 18.2 Å². The second kappa shape index (κ2) is 8.21. The summed E-state index contributed by atoms with van der Waals surface area (Å²) < 4.78 is 6.54. The number of rotatable bonds is 6. The lowest BCUT2D eigenvalue weighted by molar-refractivity contribution is 0.406. The number of alkyl halides is 1. The van der Waals surface area contributed by atoms with E-state index in [1.165, 1.54) is 5.56 Å². The number of benzene rings is 2. The molecule has 0 amide bonds. The summed E-state index contributed by atoms with van der Waals surface area (Å²) >= 11 is 13.2. The Hall–Kier alpha value is -0.510. The Balaban J connectivity index is 2.11. The van der Waals surface area contributed by atoms with Crippen LogP contribution in [0.25, 0.3) is 0 Å². The van der Waals surface area contributed by atoms with E-state index in [1.54, 1.807) is 7.11 Å². The van der Waals surface area contributed by atoms with Crippen LogP contribution in [-0.2, 0) is 12.8 Å². The standard InChI is InChI=1S/C17H17Br2ClO/c1-21-17-7-6-16(20)10-14(17)9-13(11-18)8-12-2-4-15(19)5-3-12/h2-7,10,13H,8-9,11H2,1H3. The molecule has 0 heterocycles. The van der Waals surface area contributed by atoms with Crippen molar-refractivity contribution < 1.29 is 4.74 Å². The van der Waals surface area contributed by atoms with Crippen molar-refractivity contribution in [3.63, 3.8) is 0 Å². The highest BCUT2D eigenvalue weighted by molar-refractivity contribution is 9.10. The minimum Gasteiger partial charge on any atom is -0.496 e. The van der Waals surface area contributed by atoms with Crippen LogP contribution in [0.3, 0.4) is 0 Å². The molecule has 0 spiro atoms. The Bertz CT molecular complexity index is 584. The maximum absolute atomic E-state index is 6.11. The lowest BCUT2D eigenvalue weighted by Crippen LogP contribution is -2.10. The Morgan fingerprint density at radius 1 is 1.10 bits per heavy atom. The topological polar surface area (TPSA) is 9.23 Å². The molecule has 4 heteroatoms. The molecule has 112 valence electrons. The minimum atomic E-state index is 0.499. The lowest BCUT2D eigenvalue weighted by Gasteiger charge is -2.16. The van der Waals surface area contributed by atoms with E-state index in [-0.39, 0.29) is 0 Å². The monoisotopic (exact) mass is 430 g/mol. The number of hydrogen-bond donors (Lipinski definition) is 0. The fourth-order valence-corrected chi connectivity index (χ4v) is 3.27. The molecule has 0 aromatic heterocycles. The summed E-state index contributed by atoms with van der Waals surface area (Å²) in [5.41, 5.74) is 2.50. The molecule has 0 aliphatic rings. The van der Waals surface area contributed by atoms with Gasteiger partial charge in [-0.25, -0.2) is 0 Å². The summed E-state index contributed by atoms with van der Waals surface area (Å²) in [7, 11) is 1.70. The molecule has 2 aromatic rings. The van der Waals surface area contributed by atoms with Crippen molar-refractivity contribution in [2.75, 3.05) is 12.4 Å². The van der Waals surface area contributed by atoms with E-state index < -0.39 is 0 Å². The molecule has 21 heavy (non-hydrogen) atoms. The molecule has 0 fully saturated rings. The Morgan fingerprint density at radius 2 is 1.81 bits per heavy atom. The van der Waals surface area contributed by atoms with Gasteiger partial charge in [-0.3, -0.25) is 0 Å². The van der Waals surface area contributed by atoms with Crippen molar-refractivity contribution in [1.82, 2.24) is 0 Å². The highest BCUT2D eigenvalue weighted by atomic mass is 79.9. The van der Waals surface area contributed by atoms with Gasteiger partial charge in [0.05, 0.1) is 7.11 Å². The summed E-state index contributed by atoms with van der Waals surface area (Å²) in [6, 6.07) is 14.3. The molecule has 1 unspecified atom stereocenters. The molecule has 1 atom stereocenters. The van der Waals surface area contributed by atoms with Gasteiger partial charge in [-0.1, -0.05) is 55.6 Å². The second-order valence-corrected chi connectivity index (χ2v) is 7.01. The first-order valence-corrected chi connectivity index (χ1v) is 9.04. The van der Waals surface area contributed by atoms with Crippen LogP contribution in [0, 0.1) is 5.92 Å². The highest BCUT2D eigenvalue weighted by Gasteiger charge is 2.13. The molecular weight excluding hydrogens is 415 g/mol. The van der Waals surface area contributed by atoms with Gasteiger partial charge in [0, 0.05) is 14.8 Å². The van der Waals surface area contributed by atoms with Crippen LogP contribution in [0.2, 0.25) is 5.02 Å². The largest absolute Gasteiger partial charge is 0.496 e. The zero-order valence-electron chi connectivity index (χ0n) is 11.8. The van der Waals surface area contributed by atoms with Crippen molar-refractivity contribution >= 4 is 43.5 Å². The molecule has 0 aliphatic carbocycles. The summed E-state index contributed by atoms with van der Waals surface area (Å²) in [5, 5.41) is 1.70. The van der Waals surface area contributed by atoms with E-state index in [2.05, 4.69) is 56.1 Å². The Labute approximate surface area is 147 Å². The molecule has 1 nitrogen and oxygen atoms in total. The SMILES string of the molecule is COc1ccc(Cl)cc1CC(CBr)Cc1ccc(Br)cc1. The van der Waals surface area contributed by atoms with E-state index in [0.29, 0.717) is 5.92 Å². The second-order valence-electron chi connectivity index (χ2n) is 5.01. The summed E-state index contributed by atoms with van der Waals surface area (Å²) in [6.45, 7) is 0. The molecule has 2 aromatic carbocycles. The average molecular weight is 433 g/mol. The van der Waals surface area contributed by atoms with E-state index in [9.17, 15) is 0 Å². The normalized spacial score (nSPS) is 12.2. The van der Waals surface area contributed by atoms with Crippen LogP contribution in [0.4, 0.5) is 0 Å². The van der Waals surface area contributed by atoms with Gasteiger partial charge in [0.2, 0.25) is 0 Å². The van der Waals surface area contributed by atoms with Gasteiger partial charge >= 0.3 is 0 Å². The molecule has 0 saturated heterocycles. The van der Waals surface area contributed by atoms with Crippen LogP contribution >= 0.6 is 43.5 Å². The van der Waals surface area contributed by atoms with Crippen molar-refractivity contribution in [2.45, 2.75) is 12.8 Å². The first-order chi connectivity index (χ1) is 10.1. The van der Waals surface area contributed by atoms with Gasteiger partial charge in [0.25, 0.3) is 0 Å². The maximum Gasteiger partial charge on any atom is 0.122 e. The van der Waals surface area contributed by atoms with Gasteiger partial charge in [0.15, 0.2) is 0 Å². The summed E-state index contributed by atoms with van der Waals surface area (Å²) in [5.74, 6) is 1.40. The molecule has 0 radical (unpaired) electrons. The number of halogens is 3.